The SMILES string of the molecule is CC1CCC(C(=O)C2OCCc3ccccc32)CC1C. The predicted molar refractivity (Wildman–Crippen MR) is 79.5 cm³/mol. The first-order valence-electron chi connectivity index (χ1n) is 7.90. The van der Waals surface area contributed by atoms with E-state index in [0.29, 0.717) is 18.3 Å². The van der Waals surface area contributed by atoms with Crippen molar-refractivity contribution in [3.8, 4) is 0 Å². The molecule has 4 unspecified atom stereocenters. The summed E-state index contributed by atoms with van der Waals surface area (Å²) in [4.78, 5) is 12.8. The first kappa shape index (κ1) is 13.8. The second kappa shape index (κ2) is 5.69. The van der Waals surface area contributed by atoms with Crippen LogP contribution in [0, 0.1) is 17.8 Å². The Balaban J connectivity index is 1.78. The molecule has 1 aliphatic heterocycles. The molecule has 1 heterocycles. The summed E-state index contributed by atoms with van der Waals surface area (Å²) in [6.07, 6.45) is 3.85. The number of Topliss-reactive ketones (excluding diaryl/α,β-unsaturated/α-hetero) is 1. The van der Waals surface area contributed by atoms with E-state index >= 15 is 0 Å². The maximum atomic E-state index is 12.8. The minimum absolute atomic E-state index is 0.192. The Labute approximate surface area is 121 Å². The number of fused-ring (bicyclic) bond motifs is 1. The zero-order valence-electron chi connectivity index (χ0n) is 12.5. The van der Waals surface area contributed by atoms with Crippen molar-refractivity contribution in [2.24, 2.45) is 17.8 Å². The summed E-state index contributed by atoms with van der Waals surface area (Å²) in [7, 11) is 0. The number of rotatable bonds is 2. The second-order valence-corrected chi connectivity index (χ2v) is 6.57. The van der Waals surface area contributed by atoms with Gasteiger partial charge in [-0.2, -0.15) is 0 Å². The number of carbonyl (C=O) groups is 1. The van der Waals surface area contributed by atoms with Gasteiger partial charge in [-0.15, -0.1) is 0 Å². The molecular weight excluding hydrogens is 248 g/mol. The van der Waals surface area contributed by atoms with Gasteiger partial charge in [0.15, 0.2) is 5.78 Å². The lowest BCUT2D eigenvalue weighted by Gasteiger charge is -2.34. The van der Waals surface area contributed by atoms with Gasteiger partial charge in [-0.1, -0.05) is 38.1 Å². The molecule has 20 heavy (non-hydrogen) atoms. The number of ether oxygens (including phenoxy) is 1. The Kier molecular flexibility index (Phi) is 3.93. The van der Waals surface area contributed by atoms with Crippen molar-refractivity contribution < 1.29 is 9.53 Å². The molecule has 0 radical (unpaired) electrons. The number of hydrogen-bond acceptors (Lipinski definition) is 2. The summed E-state index contributed by atoms with van der Waals surface area (Å²) in [5.74, 6) is 1.91. The van der Waals surface area contributed by atoms with Crippen molar-refractivity contribution in [1.29, 1.82) is 0 Å². The van der Waals surface area contributed by atoms with Gasteiger partial charge < -0.3 is 4.74 Å². The van der Waals surface area contributed by atoms with Gasteiger partial charge in [-0.3, -0.25) is 4.79 Å². The van der Waals surface area contributed by atoms with E-state index in [9.17, 15) is 4.79 Å². The molecule has 1 aliphatic carbocycles. The summed E-state index contributed by atoms with van der Waals surface area (Å²) in [5.41, 5.74) is 2.39. The van der Waals surface area contributed by atoms with Crippen molar-refractivity contribution in [3.05, 3.63) is 35.4 Å². The summed E-state index contributed by atoms with van der Waals surface area (Å²) in [6.45, 7) is 5.25. The summed E-state index contributed by atoms with van der Waals surface area (Å²) in [6, 6.07) is 8.26. The second-order valence-electron chi connectivity index (χ2n) is 6.57. The molecule has 1 aromatic carbocycles. The lowest BCUT2D eigenvalue weighted by atomic mass is 9.73. The molecule has 2 aliphatic rings. The third-order valence-corrected chi connectivity index (χ3v) is 5.25. The van der Waals surface area contributed by atoms with E-state index in [1.54, 1.807) is 0 Å². The van der Waals surface area contributed by atoms with Crippen molar-refractivity contribution in [1.82, 2.24) is 0 Å². The number of ketones is 1. The quantitative estimate of drug-likeness (QED) is 0.815. The van der Waals surface area contributed by atoms with Gasteiger partial charge in [-0.05, 0) is 48.6 Å². The Morgan fingerprint density at radius 3 is 2.75 bits per heavy atom. The van der Waals surface area contributed by atoms with E-state index in [2.05, 4.69) is 32.0 Å². The largest absolute Gasteiger partial charge is 0.365 e. The van der Waals surface area contributed by atoms with Gasteiger partial charge in [0.05, 0.1) is 6.61 Å². The summed E-state index contributed by atoms with van der Waals surface area (Å²) in [5, 5.41) is 0. The van der Waals surface area contributed by atoms with Crippen LogP contribution in [-0.2, 0) is 16.0 Å². The summed E-state index contributed by atoms with van der Waals surface area (Å²) >= 11 is 0. The van der Waals surface area contributed by atoms with Crippen molar-refractivity contribution in [2.45, 2.75) is 45.6 Å². The molecule has 4 atom stereocenters. The average Bonchev–Trinajstić information content (AvgIpc) is 2.49. The van der Waals surface area contributed by atoms with E-state index in [-0.39, 0.29) is 12.0 Å². The van der Waals surface area contributed by atoms with Crippen LogP contribution in [0.4, 0.5) is 0 Å². The van der Waals surface area contributed by atoms with Crippen LogP contribution >= 0.6 is 0 Å². The maximum absolute atomic E-state index is 12.8. The highest BCUT2D eigenvalue weighted by molar-refractivity contribution is 5.87. The lowest BCUT2D eigenvalue weighted by Crippen LogP contribution is -2.33. The molecule has 1 aromatic rings. The Bertz CT molecular complexity index is 494. The van der Waals surface area contributed by atoms with Gasteiger partial charge in [0, 0.05) is 5.92 Å². The normalized spacial score (nSPS) is 33.5. The van der Waals surface area contributed by atoms with Crippen LogP contribution in [0.2, 0.25) is 0 Å². The minimum Gasteiger partial charge on any atom is -0.365 e. The van der Waals surface area contributed by atoms with Gasteiger partial charge in [-0.25, -0.2) is 0 Å². The van der Waals surface area contributed by atoms with E-state index < -0.39 is 0 Å². The fourth-order valence-electron chi connectivity index (χ4n) is 3.65. The highest BCUT2D eigenvalue weighted by Crippen LogP contribution is 2.38. The zero-order valence-corrected chi connectivity index (χ0v) is 12.5. The maximum Gasteiger partial charge on any atom is 0.169 e. The van der Waals surface area contributed by atoms with Crippen molar-refractivity contribution in [3.63, 3.8) is 0 Å². The molecular formula is C18H24O2. The molecule has 108 valence electrons. The molecule has 3 rings (SSSR count). The van der Waals surface area contributed by atoms with Crippen LogP contribution in [-0.4, -0.2) is 12.4 Å². The van der Waals surface area contributed by atoms with Crippen LogP contribution in [0.1, 0.15) is 50.3 Å². The fourth-order valence-corrected chi connectivity index (χ4v) is 3.65. The zero-order chi connectivity index (χ0) is 14.1. The molecule has 1 fully saturated rings. The number of hydrogen-bond donors (Lipinski definition) is 0. The van der Waals surface area contributed by atoms with E-state index in [0.717, 1.165) is 30.7 Å². The number of carbonyl (C=O) groups excluding carboxylic acids is 1. The number of benzene rings is 1. The Hall–Kier alpha value is -1.15. The Morgan fingerprint density at radius 1 is 1.15 bits per heavy atom. The van der Waals surface area contributed by atoms with Gasteiger partial charge in [0.2, 0.25) is 0 Å². The minimum atomic E-state index is -0.314. The molecule has 0 aromatic heterocycles. The third kappa shape index (κ3) is 2.54. The predicted octanol–water partition coefficient (Wildman–Crippen LogP) is 3.94. The topological polar surface area (TPSA) is 26.3 Å². The summed E-state index contributed by atoms with van der Waals surface area (Å²) < 4.78 is 5.83. The molecule has 1 saturated carbocycles. The van der Waals surface area contributed by atoms with Crippen LogP contribution in [0.15, 0.2) is 24.3 Å². The third-order valence-electron chi connectivity index (χ3n) is 5.25. The molecule has 0 saturated heterocycles. The van der Waals surface area contributed by atoms with Gasteiger partial charge in [0.25, 0.3) is 0 Å². The molecule has 0 amide bonds. The standard InChI is InChI=1S/C18H24O2/c1-12-7-8-15(11-13(12)2)17(19)18-16-6-4-3-5-14(16)9-10-20-18/h3-6,12-13,15,18H,7-11H2,1-2H3. The van der Waals surface area contributed by atoms with E-state index in [1.165, 1.54) is 12.0 Å². The van der Waals surface area contributed by atoms with Crippen molar-refractivity contribution in [2.75, 3.05) is 6.61 Å². The van der Waals surface area contributed by atoms with Crippen LogP contribution in [0.3, 0.4) is 0 Å². The average molecular weight is 272 g/mol. The molecule has 2 heteroatoms. The monoisotopic (exact) mass is 272 g/mol. The highest BCUT2D eigenvalue weighted by atomic mass is 16.5. The smallest absolute Gasteiger partial charge is 0.169 e. The van der Waals surface area contributed by atoms with Gasteiger partial charge >= 0.3 is 0 Å². The van der Waals surface area contributed by atoms with Crippen LogP contribution in [0.25, 0.3) is 0 Å². The van der Waals surface area contributed by atoms with Crippen LogP contribution < -0.4 is 0 Å². The van der Waals surface area contributed by atoms with Crippen molar-refractivity contribution >= 4 is 5.78 Å². The fraction of sp³-hybridized carbons (Fsp3) is 0.611. The highest BCUT2D eigenvalue weighted by Gasteiger charge is 2.35. The first-order chi connectivity index (χ1) is 9.66. The van der Waals surface area contributed by atoms with E-state index in [1.807, 2.05) is 6.07 Å². The Morgan fingerprint density at radius 2 is 1.95 bits per heavy atom. The van der Waals surface area contributed by atoms with E-state index in [4.69, 9.17) is 4.74 Å². The molecule has 0 bridgehead atoms. The van der Waals surface area contributed by atoms with Gasteiger partial charge in [0.1, 0.15) is 6.10 Å². The molecule has 0 spiro atoms. The lowest BCUT2D eigenvalue weighted by molar-refractivity contribution is -0.137. The molecule has 2 nitrogen and oxygen atoms in total. The first-order valence-corrected chi connectivity index (χ1v) is 7.90. The van der Waals surface area contributed by atoms with Crippen LogP contribution in [0.5, 0.6) is 0 Å². The molecule has 0 N–H and O–H groups in total.